The lowest BCUT2D eigenvalue weighted by atomic mass is 9.83. The summed E-state index contributed by atoms with van der Waals surface area (Å²) >= 11 is 0. The maximum absolute atomic E-state index is 14.0. The lowest BCUT2D eigenvalue weighted by molar-refractivity contribution is -0.141. The fourth-order valence-electron chi connectivity index (χ4n) is 6.03. The Labute approximate surface area is 245 Å². The molecule has 0 aliphatic carbocycles. The molecule has 0 saturated carbocycles. The van der Waals surface area contributed by atoms with Gasteiger partial charge in [-0.25, -0.2) is 4.68 Å². The number of carbonyl (C=O) groups is 3. The van der Waals surface area contributed by atoms with Crippen LogP contribution in [0.25, 0.3) is 0 Å². The fraction of sp³-hybridized carbons (Fsp3) is 0.621. The number of aromatic nitrogens is 3. The molecule has 2 aromatic rings. The Bertz CT molecular complexity index is 1200. The van der Waals surface area contributed by atoms with Crippen LogP contribution in [0.1, 0.15) is 43.0 Å². The Hall–Kier alpha value is -3.39. The van der Waals surface area contributed by atoms with Crippen LogP contribution in [0.4, 0.5) is 0 Å². The summed E-state index contributed by atoms with van der Waals surface area (Å²) in [6, 6.07) is 9.38. The number of nitrogens with zero attached hydrogens (tertiary/aromatic N) is 5. The number of methoxy groups -OCH3 is 1. The summed E-state index contributed by atoms with van der Waals surface area (Å²) in [4.78, 5) is 44.3. The van der Waals surface area contributed by atoms with Crippen LogP contribution in [-0.4, -0.2) is 114 Å². The molecule has 0 bridgehead atoms. The first kappa shape index (κ1) is 30.1. The number of hydrogen-bond donors (Lipinski definition) is 2. The van der Waals surface area contributed by atoms with E-state index in [0.717, 1.165) is 19.6 Å². The molecule has 3 fully saturated rings. The van der Waals surface area contributed by atoms with Gasteiger partial charge in [0.15, 0.2) is 0 Å². The summed E-state index contributed by atoms with van der Waals surface area (Å²) in [6.07, 6.45) is 3.52. The third kappa shape index (κ3) is 7.71. The molecule has 228 valence electrons. The molecule has 3 saturated heterocycles. The van der Waals surface area contributed by atoms with Crippen LogP contribution in [0.5, 0.6) is 0 Å². The van der Waals surface area contributed by atoms with E-state index in [4.69, 9.17) is 14.2 Å². The van der Waals surface area contributed by atoms with E-state index in [0.29, 0.717) is 57.9 Å². The minimum Gasteiger partial charge on any atom is -0.378 e. The smallest absolute Gasteiger partial charge is 0.246 e. The van der Waals surface area contributed by atoms with Crippen LogP contribution in [0.2, 0.25) is 0 Å². The van der Waals surface area contributed by atoms with Gasteiger partial charge in [-0.2, -0.15) is 0 Å². The molecule has 2 atom stereocenters. The second-order valence-corrected chi connectivity index (χ2v) is 11.3. The summed E-state index contributed by atoms with van der Waals surface area (Å²) in [7, 11) is 1.59. The van der Waals surface area contributed by atoms with E-state index in [-0.39, 0.29) is 43.4 Å². The average Bonchev–Trinajstić information content (AvgIpc) is 3.64. The van der Waals surface area contributed by atoms with E-state index in [1.807, 2.05) is 18.2 Å². The van der Waals surface area contributed by atoms with Gasteiger partial charge >= 0.3 is 0 Å². The van der Waals surface area contributed by atoms with Crippen LogP contribution >= 0.6 is 0 Å². The molecule has 3 aliphatic rings. The Morgan fingerprint density at radius 2 is 1.86 bits per heavy atom. The molecule has 0 radical (unpaired) electrons. The van der Waals surface area contributed by atoms with Crippen molar-refractivity contribution < 1.29 is 28.6 Å². The van der Waals surface area contributed by atoms with Gasteiger partial charge in [0, 0.05) is 46.3 Å². The van der Waals surface area contributed by atoms with E-state index in [9.17, 15) is 14.4 Å². The minimum absolute atomic E-state index is 0.101. The normalized spacial score (nSPS) is 24.8. The van der Waals surface area contributed by atoms with E-state index in [2.05, 4.69) is 38.0 Å². The highest BCUT2D eigenvalue weighted by atomic mass is 16.5. The predicted octanol–water partition coefficient (Wildman–Crippen LogP) is 0.271. The van der Waals surface area contributed by atoms with Crippen molar-refractivity contribution in [3.05, 3.63) is 47.8 Å². The Balaban J connectivity index is 1.34. The summed E-state index contributed by atoms with van der Waals surface area (Å²) < 4.78 is 17.9. The molecule has 3 amide bonds. The molecular formula is C29H41N7O6. The van der Waals surface area contributed by atoms with E-state index in [1.165, 1.54) is 5.56 Å². The summed E-state index contributed by atoms with van der Waals surface area (Å²) in [5, 5.41) is 14.5. The standard InChI is InChI=1S/C29H41N7O6/c1-40-20-23-18-36(33-32-23)24-15-25-28(39)30-9-12-41-13-14-42-21-26(37)31-29(16-27(38)35(25)19-24)7-10-34(11-8-29)17-22-5-3-2-4-6-22/h2-6,18,24-25H,7-17,19-21H2,1H3,(H,30,39)(H,31,37)/t24-,25-/m0/s1. The van der Waals surface area contributed by atoms with Crippen molar-refractivity contribution in [2.45, 2.75) is 56.5 Å². The maximum Gasteiger partial charge on any atom is 0.246 e. The van der Waals surface area contributed by atoms with E-state index >= 15 is 0 Å². The van der Waals surface area contributed by atoms with Gasteiger partial charge in [0.25, 0.3) is 0 Å². The van der Waals surface area contributed by atoms with E-state index < -0.39 is 11.6 Å². The highest BCUT2D eigenvalue weighted by Gasteiger charge is 2.45. The van der Waals surface area contributed by atoms with Gasteiger partial charge < -0.3 is 29.7 Å². The number of benzene rings is 1. The quantitative estimate of drug-likeness (QED) is 0.508. The highest BCUT2D eigenvalue weighted by Crippen LogP contribution is 2.32. The molecule has 4 heterocycles. The number of nitrogens with one attached hydrogen (secondary N) is 2. The molecule has 5 rings (SSSR count). The molecule has 13 heteroatoms. The number of piperidine rings is 1. The molecule has 42 heavy (non-hydrogen) atoms. The first-order valence-electron chi connectivity index (χ1n) is 14.6. The number of fused-ring (bicyclic) bond motifs is 1. The number of carbonyl (C=O) groups excluding carboxylic acids is 3. The first-order chi connectivity index (χ1) is 20.4. The van der Waals surface area contributed by atoms with Crippen LogP contribution in [0.3, 0.4) is 0 Å². The molecule has 13 nitrogen and oxygen atoms in total. The fourth-order valence-corrected chi connectivity index (χ4v) is 6.03. The Morgan fingerprint density at radius 1 is 1.07 bits per heavy atom. The highest BCUT2D eigenvalue weighted by molar-refractivity contribution is 5.89. The largest absolute Gasteiger partial charge is 0.378 e. The molecule has 1 aromatic heterocycles. The second kappa shape index (κ2) is 14.2. The topological polar surface area (TPSA) is 140 Å². The molecule has 3 aliphatic heterocycles. The van der Waals surface area contributed by atoms with Gasteiger partial charge in [-0.05, 0) is 18.4 Å². The van der Waals surface area contributed by atoms with Crippen molar-refractivity contribution in [3.63, 3.8) is 0 Å². The SMILES string of the molecule is COCc1cn([C@H]2C[C@H]3C(=O)NCCOCCOCC(=O)NC4(CCN(Cc5ccccc5)CC4)CC(=O)N3C2)nn1. The van der Waals surface area contributed by atoms with Gasteiger partial charge in [0.2, 0.25) is 17.7 Å². The van der Waals surface area contributed by atoms with Gasteiger partial charge in [-0.1, -0.05) is 35.5 Å². The molecular weight excluding hydrogens is 542 g/mol. The monoisotopic (exact) mass is 583 g/mol. The Kier molecular flexibility index (Phi) is 10.2. The van der Waals surface area contributed by atoms with Crippen molar-refractivity contribution in [2.75, 3.05) is 59.7 Å². The van der Waals surface area contributed by atoms with Crippen LogP contribution in [-0.2, 0) is 41.7 Å². The van der Waals surface area contributed by atoms with Crippen molar-refractivity contribution in [1.82, 2.24) is 35.4 Å². The summed E-state index contributed by atoms with van der Waals surface area (Å²) in [5.74, 6) is -0.657. The minimum atomic E-state index is -0.740. The van der Waals surface area contributed by atoms with E-state index in [1.54, 1.807) is 22.9 Å². The first-order valence-corrected chi connectivity index (χ1v) is 14.6. The van der Waals surface area contributed by atoms with Crippen LogP contribution in [0, 0.1) is 0 Å². The van der Waals surface area contributed by atoms with Gasteiger partial charge in [-0.3, -0.25) is 19.3 Å². The maximum atomic E-state index is 14.0. The molecule has 1 aromatic carbocycles. The van der Waals surface area contributed by atoms with Crippen molar-refractivity contribution in [1.29, 1.82) is 0 Å². The predicted molar refractivity (Wildman–Crippen MR) is 151 cm³/mol. The lowest BCUT2D eigenvalue weighted by Gasteiger charge is -2.43. The number of amides is 3. The number of rotatable bonds is 5. The van der Waals surface area contributed by atoms with Crippen LogP contribution in [0.15, 0.2) is 36.5 Å². The van der Waals surface area contributed by atoms with Crippen molar-refractivity contribution in [3.8, 4) is 0 Å². The summed E-state index contributed by atoms with van der Waals surface area (Å²) in [5.41, 5.74) is 1.16. The van der Waals surface area contributed by atoms with Gasteiger partial charge in [0.1, 0.15) is 18.3 Å². The summed E-state index contributed by atoms with van der Waals surface area (Å²) in [6.45, 7) is 3.99. The molecule has 1 spiro atoms. The second-order valence-electron chi connectivity index (χ2n) is 11.3. The molecule has 2 N–H and O–H groups in total. The Morgan fingerprint density at radius 3 is 2.64 bits per heavy atom. The lowest BCUT2D eigenvalue weighted by Crippen LogP contribution is -2.58. The van der Waals surface area contributed by atoms with Crippen molar-refractivity contribution in [2.24, 2.45) is 0 Å². The zero-order valence-electron chi connectivity index (χ0n) is 24.2. The third-order valence-corrected chi connectivity index (χ3v) is 8.23. The van der Waals surface area contributed by atoms with Gasteiger partial charge in [-0.15, -0.1) is 5.10 Å². The molecule has 0 unspecified atom stereocenters. The zero-order chi connectivity index (χ0) is 29.4. The van der Waals surface area contributed by atoms with Crippen molar-refractivity contribution >= 4 is 17.7 Å². The van der Waals surface area contributed by atoms with Gasteiger partial charge in [0.05, 0.1) is 50.6 Å². The number of likely N-dealkylation sites (tertiary alicyclic amines) is 1. The van der Waals surface area contributed by atoms with Crippen LogP contribution < -0.4 is 10.6 Å². The zero-order valence-corrected chi connectivity index (χ0v) is 24.2. The number of hydrogen-bond acceptors (Lipinski definition) is 9. The number of ether oxygens (including phenoxy) is 3. The third-order valence-electron chi connectivity index (χ3n) is 8.23. The average molecular weight is 584 g/mol.